The summed E-state index contributed by atoms with van der Waals surface area (Å²) in [5, 5.41) is 3.81. The molecule has 0 aromatic rings. The number of nitrogens with one attached hydrogen (secondary N) is 1. The maximum Gasteiger partial charge on any atom is 0.0736 e. The van der Waals surface area contributed by atoms with Crippen LogP contribution in [-0.2, 0) is 4.74 Å². The highest BCUT2D eigenvalue weighted by Gasteiger charge is 2.47. The van der Waals surface area contributed by atoms with Gasteiger partial charge in [0.25, 0.3) is 0 Å². The van der Waals surface area contributed by atoms with Crippen LogP contribution in [0.1, 0.15) is 53.9 Å². The van der Waals surface area contributed by atoms with Crippen molar-refractivity contribution < 1.29 is 4.74 Å². The molecule has 0 saturated carbocycles. The maximum atomic E-state index is 6.12. The van der Waals surface area contributed by atoms with Crippen molar-refractivity contribution in [3.8, 4) is 0 Å². The number of piperazine rings is 1. The molecule has 20 heavy (non-hydrogen) atoms. The fourth-order valence-corrected chi connectivity index (χ4v) is 4.33. The third-order valence-electron chi connectivity index (χ3n) is 5.71. The van der Waals surface area contributed by atoms with Crippen LogP contribution in [0.2, 0.25) is 0 Å². The van der Waals surface area contributed by atoms with E-state index in [2.05, 4.69) is 44.8 Å². The summed E-state index contributed by atoms with van der Waals surface area (Å²) in [5.41, 5.74) is 0.332. The predicted octanol–water partition coefficient (Wildman–Crippen LogP) is 2.65. The lowest BCUT2D eigenvalue weighted by Gasteiger charge is -2.50. The molecule has 3 aliphatic rings. The molecular formula is C17H32N2O. The molecule has 2 bridgehead atoms. The average Bonchev–Trinajstić information content (AvgIpc) is 2.99. The first kappa shape index (κ1) is 14.8. The van der Waals surface area contributed by atoms with Gasteiger partial charge >= 0.3 is 0 Å². The Morgan fingerprint density at radius 2 is 1.95 bits per heavy atom. The van der Waals surface area contributed by atoms with E-state index in [0.717, 1.165) is 6.54 Å². The van der Waals surface area contributed by atoms with Crippen molar-refractivity contribution in [2.75, 3.05) is 13.1 Å². The Labute approximate surface area is 124 Å². The Morgan fingerprint density at radius 1 is 1.20 bits per heavy atom. The number of hydrogen-bond donors (Lipinski definition) is 1. The van der Waals surface area contributed by atoms with Gasteiger partial charge in [0.1, 0.15) is 0 Å². The van der Waals surface area contributed by atoms with Gasteiger partial charge in [-0.25, -0.2) is 0 Å². The minimum atomic E-state index is 0.332. The SMILES string of the molecule is CC(C)C1CNC(C(C)(C)C)CN1C1CC2CCC1O2. The van der Waals surface area contributed by atoms with Crippen LogP contribution in [0.3, 0.4) is 0 Å². The van der Waals surface area contributed by atoms with Gasteiger partial charge in [-0.2, -0.15) is 0 Å². The number of hydrogen-bond acceptors (Lipinski definition) is 3. The largest absolute Gasteiger partial charge is 0.373 e. The van der Waals surface area contributed by atoms with Crippen molar-refractivity contribution in [3.05, 3.63) is 0 Å². The number of fused-ring (bicyclic) bond motifs is 2. The molecule has 3 saturated heterocycles. The van der Waals surface area contributed by atoms with E-state index in [0.29, 0.717) is 41.7 Å². The van der Waals surface area contributed by atoms with Gasteiger partial charge in [0.2, 0.25) is 0 Å². The molecule has 0 aromatic carbocycles. The third kappa shape index (κ3) is 2.65. The van der Waals surface area contributed by atoms with E-state index in [1.54, 1.807) is 0 Å². The molecule has 3 nitrogen and oxygen atoms in total. The van der Waals surface area contributed by atoms with Crippen LogP contribution in [0, 0.1) is 11.3 Å². The molecule has 3 rings (SSSR count). The molecule has 3 fully saturated rings. The summed E-state index contributed by atoms with van der Waals surface area (Å²) in [5.74, 6) is 0.711. The number of nitrogens with zero attached hydrogens (tertiary/aromatic N) is 1. The molecule has 3 heteroatoms. The van der Waals surface area contributed by atoms with Crippen LogP contribution in [0.15, 0.2) is 0 Å². The zero-order valence-electron chi connectivity index (χ0n) is 13.9. The van der Waals surface area contributed by atoms with E-state index >= 15 is 0 Å². The second kappa shape index (κ2) is 5.26. The molecule has 3 aliphatic heterocycles. The first-order valence-corrected chi connectivity index (χ1v) is 8.51. The van der Waals surface area contributed by atoms with Crippen molar-refractivity contribution >= 4 is 0 Å². The summed E-state index contributed by atoms with van der Waals surface area (Å²) in [6, 6.07) is 1.94. The smallest absolute Gasteiger partial charge is 0.0736 e. The molecule has 0 aliphatic carbocycles. The standard InChI is InChI=1S/C17H32N2O/c1-11(2)14-9-18-16(17(3,4)5)10-19(14)13-8-12-6-7-15(13)20-12/h11-16,18H,6-10H2,1-5H3. The van der Waals surface area contributed by atoms with Crippen molar-refractivity contribution in [3.63, 3.8) is 0 Å². The van der Waals surface area contributed by atoms with Crippen LogP contribution >= 0.6 is 0 Å². The first-order chi connectivity index (χ1) is 9.36. The van der Waals surface area contributed by atoms with Crippen molar-refractivity contribution in [1.82, 2.24) is 10.2 Å². The molecule has 0 radical (unpaired) electrons. The second-order valence-corrected chi connectivity index (χ2v) is 8.51. The van der Waals surface area contributed by atoms with E-state index < -0.39 is 0 Å². The molecule has 5 unspecified atom stereocenters. The van der Waals surface area contributed by atoms with Gasteiger partial charge < -0.3 is 10.1 Å². The average molecular weight is 280 g/mol. The monoisotopic (exact) mass is 280 g/mol. The topological polar surface area (TPSA) is 24.5 Å². The van der Waals surface area contributed by atoms with Crippen molar-refractivity contribution in [2.45, 2.75) is 84.2 Å². The molecule has 3 heterocycles. The van der Waals surface area contributed by atoms with Gasteiger partial charge in [0.05, 0.1) is 12.2 Å². The maximum absolute atomic E-state index is 6.12. The van der Waals surface area contributed by atoms with Crippen LogP contribution in [0.5, 0.6) is 0 Å². The van der Waals surface area contributed by atoms with Gasteiger partial charge in [0.15, 0.2) is 0 Å². The highest BCUT2D eigenvalue weighted by molar-refractivity contribution is 5.02. The molecular weight excluding hydrogens is 248 g/mol. The summed E-state index contributed by atoms with van der Waals surface area (Å²) in [4.78, 5) is 2.81. The van der Waals surface area contributed by atoms with Gasteiger partial charge in [-0.15, -0.1) is 0 Å². The first-order valence-electron chi connectivity index (χ1n) is 8.51. The summed E-state index contributed by atoms with van der Waals surface area (Å²) in [6.45, 7) is 14.1. The quantitative estimate of drug-likeness (QED) is 0.841. The predicted molar refractivity (Wildman–Crippen MR) is 82.9 cm³/mol. The Balaban J connectivity index is 1.76. The molecule has 0 aromatic heterocycles. The highest BCUT2D eigenvalue weighted by Crippen LogP contribution is 2.40. The Bertz CT molecular complexity index is 349. The third-order valence-corrected chi connectivity index (χ3v) is 5.71. The molecule has 0 amide bonds. The van der Waals surface area contributed by atoms with Gasteiger partial charge in [-0.3, -0.25) is 4.90 Å². The van der Waals surface area contributed by atoms with Gasteiger partial charge in [-0.05, 0) is 30.6 Å². The number of ether oxygens (including phenoxy) is 1. The molecule has 5 atom stereocenters. The highest BCUT2D eigenvalue weighted by atomic mass is 16.5. The molecule has 0 spiro atoms. The Kier molecular flexibility index (Phi) is 3.89. The van der Waals surface area contributed by atoms with Crippen LogP contribution < -0.4 is 5.32 Å². The van der Waals surface area contributed by atoms with E-state index in [9.17, 15) is 0 Å². The van der Waals surface area contributed by atoms with Gasteiger partial charge in [-0.1, -0.05) is 34.6 Å². The molecule has 1 N–H and O–H groups in total. The fourth-order valence-electron chi connectivity index (χ4n) is 4.33. The van der Waals surface area contributed by atoms with Crippen LogP contribution in [-0.4, -0.2) is 48.3 Å². The van der Waals surface area contributed by atoms with Crippen LogP contribution in [0.25, 0.3) is 0 Å². The molecule has 116 valence electrons. The summed E-state index contributed by atoms with van der Waals surface area (Å²) >= 11 is 0. The normalized spacial score (nSPS) is 42.6. The zero-order valence-corrected chi connectivity index (χ0v) is 13.9. The van der Waals surface area contributed by atoms with Crippen molar-refractivity contribution in [2.24, 2.45) is 11.3 Å². The lowest BCUT2D eigenvalue weighted by atomic mass is 9.82. The number of rotatable bonds is 2. The van der Waals surface area contributed by atoms with E-state index in [4.69, 9.17) is 4.74 Å². The van der Waals surface area contributed by atoms with Crippen molar-refractivity contribution in [1.29, 1.82) is 0 Å². The summed E-state index contributed by atoms with van der Waals surface area (Å²) in [7, 11) is 0. The lowest BCUT2D eigenvalue weighted by molar-refractivity contribution is 0.0000377. The zero-order chi connectivity index (χ0) is 14.5. The Morgan fingerprint density at radius 3 is 2.45 bits per heavy atom. The van der Waals surface area contributed by atoms with Crippen LogP contribution in [0.4, 0.5) is 0 Å². The van der Waals surface area contributed by atoms with E-state index in [-0.39, 0.29) is 0 Å². The fraction of sp³-hybridized carbons (Fsp3) is 1.00. The minimum Gasteiger partial charge on any atom is -0.373 e. The second-order valence-electron chi connectivity index (χ2n) is 8.51. The summed E-state index contributed by atoms with van der Waals surface area (Å²) in [6.07, 6.45) is 4.91. The van der Waals surface area contributed by atoms with E-state index in [1.807, 2.05) is 0 Å². The lowest BCUT2D eigenvalue weighted by Crippen LogP contribution is -2.65. The minimum absolute atomic E-state index is 0.332. The summed E-state index contributed by atoms with van der Waals surface area (Å²) < 4.78 is 6.12. The Hall–Kier alpha value is -0.120. The van der Waals surface area contributed by atoms with Gasteiger partial charge in [0, 0.05) is 31.2 Å². The van der Waals surface area contributed by atoms with E-state index in [1.165, 1.54) is 25.8 Å².